The van der Waals surface area contributed by atoms with Crippen molar-refractivity contribution in [1.82, 2.24) is 4.13 Å². The maximum Gasteiger partial charge on any atom is 0.387 e. The summed E-state index contributed by atoms with van der Waals surface area (Å²) >= 11 is 0. The molecule has 0 atom stereocenters. The monoisotopic (exact) mass is 329 g/mol. The minimum Gasteiger partial charge on any atom is -0.243 e. The summed E-state index contributed by atoms with van der Waals surface area (Å²) in [5, 5.41) is -4.83. The van der Waals surface area contributed by atoms with E-state index in [-0.39, 0.29) is 0 Å². The van der Waals surface area contributed by atoms with Gasteiger partial charge in [-0.05, 0) is 17.7 Å². The molecule has 0 radical (unpaired) electrons. The van der Waals surface area contributed by atoms with Gasteiger partial charge in [0, 0.05) is 0 Å². The molecule has 0 fully saturated rings. The van der Waals surface area contributed by atoms with Crippen molar-refractivity contribution in [1.29, 1.82) is 0 Å². The van der Waals surface area contributed by atoms with Crippen LogP contribution in [0.25, 0.3) is 6.08 Å². The van der Waals surface area contributed by atoms with Crippen LogP contribution in [0, 0.1) is 0 Å². The Morgan fingerprint density at radius 1 is 1.15 bits per heavy atom. The van der Waals surface area contributed by atoms with E-state index in [1.54, 1.807) is 0 Å². The van der Waals surface area contributed by atoms with Gasteiger partial charge in [-0.1, -0.05) is 28.9 Å². The summed E-state index contributed by atoms with van der Waals surface area (Å²) in [6.07, 6.45) is 1.40. The van der Waals surface area contributed by atoms with E-state index in [2.05, 4.69) is 6.58 Å². The number of benzene rings is 1. The molecule has 20 heavy (non-hydrogen) atoms. The maximum atomic E-state index is 12.8. The number of halogens is 3. The van der Waals surface area contributed by atoms with E-state index in [4.69, 9.17) is 0 Å². The van der Waals surface area contributed by atoms with Crippen LogP contribution in [0.4, 0.5) is 13.2 Å². The minimum absolute atomic E-state index is 0.542. The molecule has 0 bridgehead atoms. The lowest BCUT2D eigenvalue weighted by atomic mass is 10.2. The predicted molar refractivity (Wildman–Crippen MR) is 66.7 cm³/mol. The Kier molecular flexibility index (Phi) is 4.62. The van der Waals surface area contributed by atoms with E-state index in [9.17, 15) is 30.0 Å². The molecule has 0 aromatic heterocycles. The number of hydrogen-bond acceptors (Lipinski definition) is 4. The summed E-state index contributed by atoms with van der Waals surface area (Å²) < 4.78 is 83.8. The highest BCUT2D eigenvalue weighted by atomic mass is 32.3. The second-order valence-corrected chi connectivity index (χ2v) is 7.38. The molecule has 0 aliphatic carbocycles. The van der Waals surface area contributed by atoms with Gasteiger partial charge >= 0.3 is 5.25 Å². The first kappa shape index (κ1) is 16.7. The third kappa shape index (κ3) is 3.38. The predicted octanol–water partition coefficient (Wildman–Crippen LogP) is 1.50. The van der Waals surface area contributed by atoms with Gasteiger partial charge in [-0.15, -0.1) is 0 Å². The zero-order valence-electron chi connectivity index (χ0n) is 9.88. The van der Waals surface area contributed by atoms with E-state index in [0.717, 1.165) is 16.3 Å². The smallest absolute Gasteiger partial charge is 0.243 e. The van der Waals surface area contributed by atoms with Gasteiger partial charge in [0.15, 0.2) is 6.67 Å². The van der Waals surface area contributed by atoms with Crippen LogP contribution in [0.2, 0.25) is 0 Å². The van der Waals surface area contributed by atoms with Gasteiger partial charge in [0.2, 0.25) is 0 Å². The zero-order valence-corrected chi connectivity index (χ0v) is 11.5. The van der Waals surface area contributed by atoms with Gasteiger partial charge < -0.3 is 0 Å². The van der Waals surface area contributed by atoms with E-state index >= 15 is 0 Å². The maximum absolute atomic E-state index is 12.8. The molecular weight excluding hydrogens is 319 g/mol. The summed E-state index contributed by atoms with van der Waals surface area (Å²) in [4.78, 5) is -0.554. The van der Waals surface area contributed by atoms with Gasteiger partial charge in [-0.25, -0.2) is 21.2 Å². The topological polar surface area (TPSA) is 80.3 Å². The standard InChI is InChI=1S/C10H10F3NO4S2/c1-2-8-3-5-9(6-4-8)19(15,16)14-20(17,18)10(12,13)7-11/h2-6,14H,1,7H2. The van der Waals surface area contributed by atoms with Crippen molar-refractivity contribution in [2.45, 2.75) is 10.2 Å². The summed E-state index contributed by atoms with van der Waals surface area (Å²) in [5.41, 5.74) is 0.542. The number of rotatable bonds is 6. The second-order valence-electron chi connectivity index (χ2n) is 3.63. The Morgan fingerprint density at radius 2 is 1.65 bits per heavy atom. The Bertz CT molecular complexity index is 697. The van der Waals surface area contributed by atoms with Gasteiger partial charge in [-0.3, -0.25) is 0 Å². The molecule has 0 amide bonds. The van der Waals surface area contributed by atoms with Crippen molar-refractivity contribution in [2.24, 2.45) is 0 Å². The Labute approximate surface area is 114 Å². The first-order valence-electron chi connectivity index (χ1n) is 5.00. The largest absolute Gasteiger partial charge is 0.387 e. The average Bonchev–Trinajstić information content (AvgIpc) is 2.37. The van der Waals surface area contributed by atoms with Crippen LogP contribution in [0.15, 0.2) is 35.7 Å². The molecule has 1 rings (SSSR count). The SMILES string of the molecule is C=Cc1ccc(S(=O)(=O)NS(=O)(=O)C(F)(F)CF)cc1. The minimum atomic E-state index is -5.70. The fourth-order valence-electron chi connectivity index (χ4n) is 1.11. The van der Waals surface area contributed by atoms with Crippen LogP contribution < -0.4 is 4.13 Å². The first-order valence-corrected chi connectivity index (χ1v) is 7.97. The third-order valence-corrected chi connectivity index (χ3v) is 5.74. The molecule has 1 N–H and O–H groups in total. The average molecular weight is 329 g/mol. The Morgan fingerprint density at radius 3 is 2.05 bits per heavy atom. The number of alkyl halides is 3. The highest BCUT2D eigenvalue weighted by Gasteiger charge is 2.47. The summed E-state index contributed by atoms with van der Waals surface area (Å²) in [6.45, 7) is 0.889. The molecule has 0 unspecified atom stereocenters. The van der Waals surface area contributed by atoms with Crippen LogP contribution >= 0.6 is 0 Å². The van der Waals surface area contributed by atoms with E-state index in [1.807, 2.05) is 0 Å². The molecule has 0 aliphatic rings. The Balaban J connectivity index is 3.15. The molecule has 0 heterocycles. The fourth-order valence-corrected chi connectivity index (χ4v) is 3.77. The first-order chi connectivity index (χ1) is 9.05. The van der Waals surface area contributed by atoms with Crippen LogP contribution in [0.3, 0.4) is 0 Å². The van der Waals surface area contributed by atoms with Crippen molar-refractivity contribution in [3.05, 3.63) is 36.4 Å². The molecule has 5 nitrogen and oxygen atoms in total. The molecule has 112 valence electrons. The lowest BCUT2D eigenvalue weighted by Crippen LogP contribution is -2.43. The lowest BCUT2D eigenvalue weighted by Gasteiger charge is -2.14. The number of sulfonamides is 2. The summed E-state index contributed by atoms with van der Waals surface area (Å²) in [5.74, 6) is 0. The Hall–Kier alpha value is -1.39. The molecule has 0 aliphatic heterocycles. The molecule has 10 heteroatoms. The van der Waals surface area contributed by atoms with E-state index < -0.39 is 36.9 Å². The molecule has 0 spiro atoms. The quantitative estimate of drug-likeness (QED) is 0.858. The van der Waals surface area contributed by atoms with Crippen LogP contribution in [-0.4, -0.2) is 28.8 Å². The molecular formula is C10H10F3NO4S2. The molecule has 0 saturated heterocycles. The summed E-state index contributed by atoms with van der Waals surface area (Å²) in [6, 6.07) is 4.59. The molecule has 0 saturated carbocycles. The van der Waals surface area contributed by atoms with Crippen molar-refractivity contribution < 1.29 is 30.0 Å². The van der Waals surface area contributed by atoms with Gasteiger partial charge in [0.05, 0.1) is 4.90 Å². The third-order valence-electron chi connectivity index (χ3n) is 2.19. The van der Waals surface area contributed by atoms with E-state index in [0.29, 0.717) is 5.56 Å². The van der Waals surface area contributed by atoms with Gasteiger partial charge in [0.25, 0.3) is 20.0 Å². The highest BCUT2D eigenvalue weighted by Crippen LogP contribution is 2.23. The van der Waals surface area contributed by atoms with Crippen molar-refractivity contribution in [2.75, 3.05) is 6.67 Å². The zero-order chi connectivity index (χ0) is 15.6. The highest BCUT2D eigenvalue weighted by molar-refractivity contribution is 8.05. The van der Waals surface area contributed by atoms with E-state index in [1.165, 1.54) is 18.2 Å². The van der Waals surface area contributed by atoms with Crippen molar-refractivity contribution in [3.63, 3.8) is 0 Å². The fraction of sp³-hybridized carbons (Fsp3) is 0.200. The normalized spacial score (nSPS) is 13.2. The molecule has 1 aromatic carbocycles. The lowest BCUT2D eigenvalue weighted by molar-refractivity contribution is 0.0614. The van der Waals surface area contributed by atoms with Crippen LogP contribution in [0.1, 0.15) is 5.56 Å². The number of hydrogen-bond donors (Lipinski definition) is 1. The van der Waals surface area contributed by atoms with Crippen LogP contribution in [-0.2, 0) is 20.0 Å². The van der Waals surface area contributed by atoms with Crippen molar-refractivity contribution >= 4 is 26.1 Å². The summed E-state index contributed by atoms with van der Waals surface area (Å²) in [7, 11) is -10.5. The molecule has 1 aromatic rings. The van der Waals surface area contributed by atoms with Gasteiger partial charge in [0.1, 0.15) is 0 Å². The van der Waals surface area contributed by atoms with Gasteiger partial charge in [-0.2, -0.15) is 8.78 Å². The van der Waals surface area contributed by atoms with Crippen LogP contribution in [0.5, 0.6) is 0 Å². The second kappa shape index (κ2) is 5.54. The number of nitrogens with one attached hydrogen (secondary N) is 1. The van der Waals surface area contributed by atoms with Crippen molar-refractivity contribution in [3.8, 4) is 0 Å².